The summed E-state index contributed by atoms with van der Waals surface area (Å²) in [5.41, 5.74) is 1.18. The molecule has 1 aliphatic heterocycles. The summed E-state index contributed by atoms with van der Waals surface area (Å²) >= 11 is 6.11. The summed E-state index contributed by atoms with van der Waals surface area (Å²) in [6.07, 6.45) is 3.18. The monoisotopic (exact) mass is 435 g/mol. The van der Waals surface area contributed by atoms with Gasteiger partial charge in [-0.25, -0.2) is 0 Å². The summed E-state index contributed by atoms with van der Waals surface area (Å²) < 4.78 is 5.32. The van der Waals surface area contributed by atoms with Crippen LogP contribution < -0.4 is 4.74 Å². The number of nitrogens with zero attached hydrogens (tertiary/aromatic N) is 3. The van der Waals surface area contributed by atoms with Crippen LogP contribution in [0.15, 0.2) is 72.6 Å². The number of aromatic nitrogens is 2. The minimum atomic E-state index is -0.896. The topological polar surface area (TPSA) is 92.6 Å². The minimum Gasteiger partial charge on any atom is -0.507 e. The molecule has 1 aromatic carbocycles. The molecule has 4 rings (SSSR count). The van der Waals surface area contributed by atoms with E-state index < -0.39 is 17.7 Å². The smallest absolute Gasteiger partial charge is 0.296 e. The molecule has 7 nitrogen and oxygen atoms in total. The number of rotatable bonds is 5. The lowest BCUT2D eigenvalue weighted by Crippen LogP contribution is -2.29. The van der Waals surface area contributed by atoms with E-state index in [1.165, 1.54) is 18.1 Å². The van der Waals surface area contributed by atoms with Crippen molar-refractivity contribution in [2.75, 3.05) is 7.11 Å². The number of amides is 1. The van der Waals surface area contributed by atoms with E-state index in [2.05, 4.69) is 9.97 Å². The number of carbonyl (C=O) groups is 2. The van der Waals surface area contributed by atoms with Crippen LogP contribution in [0.1, 0.15) is 23.0 Å². The second-order valence-corrected chi connectivity index (χ2v) is 7.28. The molecule has 0 radical (unpaired) electrons. The van der Waals surface area contributed by atoms with E-state index in [9.17, 15) is 14.7 Å². The Bertz CT molecular complexity index is 1170. The zero-order chi connectivity index (χ0) is 22.0. The van der Waals surface area contributed by atoms with E-state index in [4.69, 9.17) is 16.3 Å². The molecule has 3 heterocycles. The van der Waals surface area contributed by atoms with E-state index in [-0.39, 0.29) is 23.4 Å². The number of ether oxygens (including phenoxy) is 1. The van der Waals surface area contributed by atoms with Crippen molar-refractivity contribution >= 4 is 29.1 Å². The van der Waals surface area contributed by atoms with Gasteiger partial charge in [-0.05, 0) is 42.5 Å². The van der Waals surface area contributed by atoms with Crippen LogP contribution in [0.5, 0.6) is 5.75 Å². The van der Waals surface area contributed by atoms with Gasteiger partial charge in [0, 0.05) is 17.4 Å². The van der Waals surface area contributed by atoms with Crippen molar-refractivity contribution in [2.24, 2.45) is 0 Å². The molecule has 8 heteroatoms. The van der Waals surface area contributed by atoms with Crippen molar-refractivity contribution in [3.05, 3.63) is 94.5 Å². The van der Waals surface area contributed by atoms with E-state index in [1.807, 2.05) is 0 Å². The van der Waals surface area contributed by atoms with Gasteiger partial charge in [0.05, 0.1) is 36.2 Å². The lowest BCUT2D eigenvalue weighted by Gasteiger charge is -2.24. The van der Waals surface area contributed by atoms with Gasteiger partial charge in [-0.15, -0.1) is 0 Å². The number of aliphatic hydroxyl groups is 1. The van der Waals surface area contributed by atoms with Gasteiger partial charge in [0.15, 0.2) is 0 Å². The van der Waals surface area contributed by atoms with Gasteiger partial charge in [-0.3, -0.25) is 19.6 Å². The molecule has 1 fully saturated rings. The summed E-state index contributed by atoms with van der Waals surface area (Å²) in [4.78, 5) is 36.0. The molecule has 1 N–H and O–H groups in total. The lowest BCUT2D eigenvalue weighted by atomic mass is 9.98. The lowest BCUT2D eigenvalue weighted by molar-refractivity contribution is -0.140. The molecule has 0 aliphatic carbocycles. The van der Waals surface area contributed by atoms with Crippen LogP contribution in [0.25, 0.3) is 5.76 Å². The summed E-state index contributed by atoms with van der Waals surface area (Å²) in [5, 5.41) is 11.5. The molecular weight excluding hydrogens is 418 g/mol. The number of likely N-dealkylation sites (tertiary alicyclic amines) is 1. The van der Waals surface area contributed by atoms with Crippen LogP contribution in [0.3, 0.4) is 0 Å². The fourth-order valence-corrected chi connectivity index (χ4v) is 3.74. The van der Waals surface area contributed by atoms with Crippen LogP contribution in [0.4, 0.5) is 0 Å². The normalized spacial score (nSPS) is 17.7. The Morgan fingerprint density at radius 2 is 1.84 bits per heavy atom. The molecule has 1 aliphatic rings. The van der Waals surface area contributed by atoms with E-state index >= 15 is 0 Å². The first-order chi connectivity index (χ1) is 15.0. The summed E-state index contributed by atoms with van der Waals surface area (Å²) in [7, 11) is 1.44. The molecule has 156 valence electrons. The van der Waals surface area contributed by atoms with Crippen molar-refractivity contribution in [2.45, 2.75) is 12.6 Å². The third-order valence-corrected chi connectivity index (χ3v) is 5.22. The van der Waals surface area contributed by atoms with Gasteiger partial charge < -0.3 is 14.7 Å². The molecule has 31 heavy (non-hydrogen) atoms. The van der Waals surface area contributed by atoms with Gasteiger partial charge in [0.1, 0.15) is 17.6 Å². The number of hydrogen-bond donors (Lipinski definition) is 1. The van der Waals surface area contributed by atoms with Crippen molar-refractivity contribution < 1.29 is 19.4 Å². The SMILES string of the molecule is COc1ccc(Cl)cc1/C(O)=C1\C(=O)C(=O)N(Cc2ccccn2)C1c1ccccn1. The molecule has 0 bridgehead atoms. The third kappa shape index (κ3) is 3.87. The molecule has 2 aromatic heterocycles. The Morgan fingerprint density at radius 3 is 2.48 bits per heavy atom. The number of pyridine rings is 2. The van der Waals surface area contributed by atoms with Crippen LogP contribution in [0, 0.1) is 0 Å². The van der Waals surface area contributed by atoms with Gasteiger partial charge in [-0.1, -0.05) is 23.7 Å². The largest absolute Gasteiger partial charge is 0.507 e. The predicted molar refractivity (Wildman–Crippen MR) is 114 cm³/mol. The minimum absolute atomic E-state index is 0.0795. The number of aliphatic hydroxyl groups excluding tert-OH is 1. The maximum atomic E-state index is 13.1. The molecule has 1 unspecified atom stereocenters. The zero-order valence-corrected chi connectivity index (χ0v) is 17.3. The summed E-state index contributed by atoms with van der Waals surface area (Å²) in [5.74, 6) is -1.62. The Kier molecular flexibility index (Phi) is 5.68. The Morgan fingerprint density at radius 1 is 1.10 bits per heavy atom. The number of carbonyl (C=O) groups excluding carboxylic acids is 2. The average Bonchev–Trinajstić information content (AvgIpc) is 3.04. The predicted octanol–water partition coefficient (Wildman–Crippen LogP) is 3.76. The second kappa shape index (κ2) is 8.57. The fourth-order valence-electron chi connectivity index (χ4n) is 3.56. The molecule has 0 spiro atoms. The maximum Gasteiger partial charge on any atom is 0.296 e. The Balaban J connectivity index is 1.90. The number of ketones is 1. The van der Waals surface area contributed by atoms with Gasteiger partial charge in [0.2, 0.25) is 0 Å². The first kappa shape index (κ1) is 20.6. The van der Waals surface area contributed by atoms with Gasteiger partial charge in [0.25, 0.3) is 11.7 Å². The standard InChI is InChI=1S/C23H18ClN3O4/c1-31-18-9-8-14(24)12-16(18)21(28)19-20(17-7-3-5-11-26-17)27(23(30)22(19)29)13-15-6-2-4-10-25-15/h2-12,20,28H,13H2,1H3/b21-19+. The molecular formula is C23H18ClN3O4. The number of Topliss-reactive ketones (excluding diaryl/α,β-unsaturated/α-hetero) is 1. The molecule has 1 saturated heterocycles. The van der Waals surface area contributed by atoms with E-state index in [0.29, 0.717) is 22.2 Å². The summed E-state index contributed by atoms with van der Waals surface area (Å²) in [6, 6.07) is 14.3. The first-order valence-electron chi connectivity index (χ1n) is 9.44. The fraction of sp³-hybridized carbons (Fsp3) is 0.130. The van der Waals surface area contributed by atoms with Crippen molar-refractivity contribution in [3.63, 3.8) is 0 Å². The highest BCUT2D eigenvalue weighted by Gasteiger charge is 2.47. The van der Waals surface area contributed by atoms with Crippen LogP contribution in [0.2, 0.25) is 5.02 Å². The summed E-state index contributed by atoms with van der Waals surface area (Å²) in [6.45, 7) is 0.0795. The second-order valence-electron chi connectivity index (χ2n) is 6.85. The van der Waals surface area contributed by atoms with Crippen molar-refractivity contribution in [3.8, 4) is 5.75 Å². The number of benzene rings is 1. The molecule has 3 aromatic rings. The van der Waals surface area contributed by atoms with E-state index in [1.54, 1.807) is 60.9 Å². The highest BCUT2D eigenvalue weighted by molar-refractivity contribution is 6.46. The van der Waals surface area contributed by atoms with Crippen molar-refractivity contribution in [1.29, 1.82) is 0 Å². The van der Waals surface area contributed by atoms with Crippen LogP contribution in [-0.4, -0.2) is 38.8 Å². The zero-order valence-electron chi connectivity index (χ0n) is 16.5. The number of halogens is 1. The van der Waals surface area contributed by atoms with Crippen molar-refractivity contribution in [1.82, 2.24) is 14.9 Å². The maximum absolute atomic E-state index is 13.1. The third-order valence-electron chi connectivity index (χ3n) is 4.98. The van der Waals surface area contributed by atoms with Gasteiger partial charge >= 0.3 is 0 Å². The molecule has 1 atom stereocenters. The highest BCUT2D eigenvalue weighted by Crippen LogP contribution is 2.41. The van der Waals surface area contributed by atoms with Crippen LogP contribution >= 0.6 is 11.6 Å². The van der Waals surface area contributed by atoms with Gasteiger partial charge in [-0.2, -0.15) is 0 Å². The van der Waals surface area contributed by atoms with E-state index in [0.717, 1.165) is 0 Å². The average molecular weight is 436 g/mol. The molecule has 0 saturated carbocycles. The number of hydrogen-bond acceptors (Lipinski definition) is 6. The highest BCUT2D eigenvalue weighted by atomic mass is 35.5. The number of methoxy groups -OCH3 is 1. The first-order valence-corrected chi connectivity index (χ1v) is 9.82. The Labute approximate surface area is 183 Å². The Hall–Kier alpha value is -3.71. The quantitative estimate of drug-likeness (QED) is 0.372. The van der Waals surface area contributed by atoms with Crippen LogP contribution in [-0.2, 0) is 16.1 Å². The molecule has 1 amide bonds.